The normalized spacial score (nSPS) is 12.6. The van der Waals surface area contributed by atoms with E-state index in [9.17, 15) is 0 Å². The zero-order valence-corrected chi connectivity index (χ0v) is 12.8. The van der Waals surface area contributed by atoms with E-state index >= 15 is 0 Å². The van der Waals surface area contributed by atoms with Gasteiger partial charge in [-0.25, -0.2) is 4.98 Å². The van der Waals surface area contributed by atoms with Gasteiger partial charge in [0.1, 0.15) is 0 Å². The van der Waals surface area contributed by atoms with E-state index in [1.54, 1.807) is 11.3 Å². The van der Waals surface area contributed by atoms with Crippen LogP contribution >= 0.6 is 11.3 Å². The molecule has 0 amide bonds. The Kier molecular flexibility index (Phi) is 5.11. The topological polar surface area (TPSA) is 24.9 Å². The number of nitrogens with zero attached hydrogens (tertiary/aromatic N) is 1. The molecule has 2 aromatic rings. The van der Waals surface area contributed by atoms with Gasteiger partial charge in [-0.15, -0.1) is 11.3 Å². The molecule has 1 N–H and O–H groups in total. The van der Waals surface area contributed by atoms with Crippen molar-refractivity contribution in [2.45, 2.75) is 39.7 Å². The average Bonchev–Trinajstić information content (AvgIpc) is 2.78. The summed E-state index contributed by atoms with van der Waals surface area (Å²) in [4.78, 5) is 4.58. The largest absolute Gasteiger partial charge is 0.314 e. The van der Waals surface area contributed by atoms with Crippen LogP contribution in [0.15, 0.2) is 29.6 Å². The summed E-state index contributed by atoms with van der Waals surface area (Å²) in [7, 11) is 0. The van der Waals surface area contributed by atoms with Crippen LogP contribution in [0.2, 0.25) is 0 Å². The summed E-state index contributed by atoms with van der Waals surface area (Å²) in [6.07, 6.45) is 2.07. The lowest BCUT2D eigenvalue weighted by atomic mass is 9.98. The number of aryl methyl sites for hydroxylation is 2. The molecule has 2 nitrogen and oxygen atoms in total. The highest BCUT2D eigenvalue weighted by molar-refractivity contribution is 7.09. The van der Waals surface area contributed by atoms with Crippen LogP contribution in [0.25, 0.3) is 0 Å². The van der Waals surface area contributed by atoms with E-state index in [0.29, 0.717) is 6.04 Å². The predicted molar refractivity (Wildman–Crippen MR) is 82.9 cm³/mol. The fourth-order valence-electron chi connectivity index (χ4n) is 2.36. The zero-order chi connectivity index (χ0) is 13.7. The van der Waals surface area contributed by atoms with Gasteiger partial charge in [0, 0.05) is 17.8 Å². The number of hydrogen-bond donors (Lipinski definition) is 1. The summed E-state index contributed by atoms with van der Waals surface area (Å²) in [5.41, 5.74) is 4.02. The van der Waals surface area contributed by atoms with Crippen LogP contribution in [0.5, 0.6) is 0 Å². The van der Waals surface area contributed by atoms with Crippen LogP contribution in [0.3, 0.4) is 0 Å². The molecule has 1 unspecified atom stereocenters. The highest BCUT2D eigenvalue weighted by Crippen LogP contribution is 2.14. The second-order valence-electron chi connectivity index (χ2n) is 4.95. The van der Waals surface area contributed by atoms with E-state index < -0.39 is 0 Å². The summed E-state index contributed by atoms with van der Waals surface area (Å²) in [5.74, 6) is 0. The molecule has 102 valence electrons. The smallest absolute Gasteiger partial charge is 0.0897 e. The number of benzene rings is 1. The Bertz CT molecular complexity index is 519. The Hall–Kier alpha value is -1.19. The number of thiazole rings is 1. The molecule has 1 heterocycles. The third kappa shape index (κ3) is 4.15. The van der Waals surface area contributed by atoms with Crippen LogP contribution < -0.4 is 5.32 Å². The molecule has 0 saturated carbocycles. The van der Waals surface area contributed by atoms with E-state index in [-0.39, 0.29) is 0 Å². The maximum atomic E-state index is 4.58. The van der Waals surface area contributed by atoms with Gasteiger partial charge >= 0.3 is 0 Å². The molecular formula is C16H22N2S. The Morgan fingerprint density at radius 2 is 2.00 bits per heavy atom. The molecule has 19 heavy (non-hydrogen) atoms. The monoisotopic (exact) mass is 274 g/mol. The van der Waals surface area contributed by atoms with Crippen molar-refractivity contribution in [3.63, 3.8) is 0 Å². The number of aromatic nitrogens is 1. The quantitative estimate of drug-likeness (QED) is 0.871. The van der Waals surface area contributed by atoms with Gasteiger partial charge in [0.05, 0.1) is 10.7 Å². The van der Waals surface area contributed by atoms with E-state index in [4.69, 9.17) is 0 Å². The lowest BCUT2D eigenvalue weighted by Gasteiger charge is -2.18. The lowest BCUT2D eigenvalue weighted by molar-refractivity contribution is 0.516. The molecule has 1 aromatic carbocycles. The molecule has 0 bridgehead atoms. The summed E-state index contributed by atoms with van der Waals surface area (Å²) in [6, 6.07) is 9.10. The van der Waals surface area contributed by atoms with Gasteiger partial charge in [0.2, 0.25) is 0 Å². The highest BCUT2D eigenvalue weighted by atomic mass is 32.1. The summed E-state index contributed by atoms with van der Waals surface area (Å²) < 4.78 is 0. The van der Waals surface area contributed by atoms with Crippen LogP contribution in [0.4, 0.5) is 0 Å². The third-order valence-electron chi connectivity index (χ3n) is 3.34. The van der Waals surface area contributed by atoms with Gasteiger partial charge in [-0.05, 0) is 37.9 Å². The van der Waals surface area contributed by atoms with Crippen LogP contribution in [0.1, 0.15) is 28.8 Å². The minimum atomic E-state index is 0.465. The molecule has 3 heteroatoms. The van der Waals surface area contributed by atoms with E-state index in [0.717, 1.165) is 24.4 Å². The Morgan fingerprint density at radius 3 is 2.63 bits per heavy atom. The number of likely N-dealkylation sites (N-methyl/N-ethyl adjacent to an activating group) is 1. The van der Waals surface area contributed by atoms with Crippen molar-refractivity contribution in [1.29, 1.82) is 0 Å². The molecule has 2 rings (SSSR count). The van der Waals surface area contributed by atoms with Gasteiger partial charge in [-0.1, -0.05) is 31.2 Å². The van der Waals surface area contributed by atoms with E-state index in [1.807, 2.05) is 0 Å². The minimum Gasteiger partial charge on any atom is -0.314 e. The Labute approximate surface area is 119 Å². The van der Waals surface area contributed by atoms with Crippen LogP contribution in [-0.2, 0) is 12.8 Å². The van der Waals surface area contributed by atoms with Crippen molar-refractivity contribution in [3.8, 4) is 0 Å². The standard InChI is InChI=1S/C16H22N2S/c1-4-17-15(10-16-11-19-13(3)18-16)9-14-8-6-5-7-12(14)2/h5-8,11,15,17H,4,9-10H2,1-3H3. The fraction of sp³-hybridized carbons (Fsp3) is 0.438. The van der Waals surface area contributed by atoms with Crippen molar-refractivity contribution in [3.05, 3.63) is 51.5 Å². The molecule has 0 aliphatic carbocycles. The Balaban J connectivity index is 2.06. The molecule has 1 aromatic heterocycles. The minimum absolute atomic E-state index is 0.465. The van der Waals surface area contributed by atoms with Gasteiger partial charge in [-0.3, -0.25) is 0 Å². The number of hydrogen-bond acceptors (Lipinski definition) is 3. The first-order valence-electron chi connectivity index (χ1n) is 6.88. The zero-order valence-electron chi connectivity index (χ0n) is 11.9. The van der Waals surface area contributed by atoms with Gasteiger partial charge in [-0.2, -0.15) is 0 Å². The van der Waals surface area contributed by atoms with Crippen LogP contribution in [0, 0.1) is 13.8 Å². The maximum Gasteiger partial charge on any atom is 0.0897 e. The van der Waals surface area contributed by atoms with Crippen molar-refractivity contribution in [2.75, 3.05) is 6.54 Å². The molecule has 1 atom stereocenters. The molecule has 0 radical (unpaired) electrons. The highest BCUT2D eigenvalue weighted by Gasteiger charge is 2.12. The van der Waals surface area contributed by atoms with Crippen LogP contribution in [-0.4, -0.2) is 17.6 Å². The number of nitrogens with one attached hydrogen (secondary N) is 1. The second-order valence-corrected chi connectivity index (χ2v) is 6.01. The molecule has 0 aliphatic heterocycles. The fourth-order valence-corrected chi connectivity index (χ4v) is 2.99. The van der Waals surface area contributed by atoms with Crippen molar-refractivity contribution in [1.82, 2.24) is 10.3 Å². The number of rotatable bonds is 6. The maximum absolute atomic E-state index is 4.58. The molecule has 0 saturated heterocycles. The van der Waals surface area contributed by atoms with E-state index in [1.165, 1.54) is 16.8 Å². The summed E-state index contributed by atoms with van der Waals surface area (Å²) >= 11 is 1.74. The molecule has 0 fully saturated rings. The molecule has 0 aliphatic rings. The SMILES string of the molecule is CCNC(Cc1csc(C)n1)Cc1ccccc1C. The third-order valence-corrected chi connectivity index (χ3v) is 4.16. The van der Waals surface area contributed by atoms with Gasteiger partial charge in [0.25, 0.3) is 0 Å². The van der Waals surface area contributed by atoms with Gasteiger partial charge < -0.3 is 5.32 Å². The Morgan fingerprint density at radius 1 is 1.21 bits per heavy atom. The van der Waals surface area contributed by atoms with Crippen molar-refractivity contribution < 1.29 is 0 Å². The first-order valence-corrected chi connectivity index (χ1v) is 7.76. The van der Waals surface area contributed by atoms with Crippen molar-refractivity contribution >= 4 is 11.3 Å². The summed E-state index contributed by atoms with van der Waals surface area (Å²) in [6.45, 7) is 7.42. The first kappa shape index (κ1) is 14.2. The predicted octanol–water partition coefficient (Wildman–Crippen LogP) is 3.52. The van der Waals surface area contributed by atoms with E-state index in [2.05, 4.69) is 60.7 Å². The van der Waals surface area contributed by atoms with Gasteiger partial charge in [0.15, 0.2) is 0 Å². The second kappa shape index (κ2) is 6.83. The lowest BCUT2D eigenvalue weighted by Crippen LogP contribution is -2.33. The molecule has 0 spiro atoms. The summed E-state index contributed by atoms with van der Waals surface area (Å²) in [5, 5.41) is 6.91. The first-order chi connectivity index (χ1) is 9.19. The average molecular weight is 274 g/mol. The van der Waals surface area contributed by atoms with Crippen molar-refractivity contribution in [2.24, 2.45) is 0 Å². The molecular weight excluding hydrogens is 252 g/mol.